The number of rotatable bonds is 7. The van der Waals surface area contributed by atoms with Gasteiger partial charge in [0.1, 0.15) is 0 Å². The molecule has 0 aromatic heterocycles. The van der Waals surface area contributed by atoms with Gasteiger partial charge in [-0.15, -0.1) is 24.0 Å². The number of methoxy groups -OCH3 is 2. The highest BCUT2D eigenvalue weighted by Crippen LogP contribution is 2.29. The molecule has 1 atom stereocenters. The summed E-state index contributed by atoms with van der Waals surface area (Å²) in [5, 5.41) is 13.0. The predicted molar refractivity (Wildman–Crippen MR) is 108 cm³/mol. The third-order valence-electron chi connectivity index (χ3n) is 3.70. The summed E-state index contributed by atoms with van der Waals surface area (Å²) in [4.78, 5) is 6.34. The SMILES string of the molecule is COc1ccc(NC(N)=NCC(O)CN2CCOCC2)cc1OC.I. The van der Waals surface area contributed by atoms with Gasteiger partial charge in [-0.2, -0.15) is 0 Å². The number of hydrogen-bond donors (Lipinski definition) is 3. The molecule has 2 rings (SSSR count). The van der Waals surface area contributed by atoms with Gasteiger partial charge in [0.25, 0.3) is 0 Å². The van der Waals surface area contributed by atoms with Crippen molar-refractivity contribution in [1.82, 2.24) is 4.90 Å². The third-order valence-corrected chi connectivity index (χ3v) is 3.70. The number of aliphatic hydroxyl groups is 1. The zero-order chi connectivity index (χ0) is 17.4. The highest BCUT2D eigenvalue weighted by atomic mass is 127. The van der Waals surface area contributed by atoms with E-state index in [1.165, 1.54) is 0 Å². The Hall–Kier alpha value is -1.30. The van der Waals surface area contributed by atoms with Crippen molar-refractivity contribution in [2.75, 3.05) is 58.9 Å². The van der Waals surface area contributed by atoms with Crippen molar-refractivity contribution in [3.05, 3.63) is 18.2 Å². The second-order valence-electron chi connectivity index (χ2n) is 5.49. The molecule has 9 heteroatoms. The number of benzene rings is 1. The molecule has 0 bridgehead atoms. The number of aliphatic hydroxyl groups excluding tert-OH is 1. The maximum Gasteiger partial charge on any atom is 0.193 e. The highest BCUT2D eigenvalue weighted by Gasteiger charge is 2.14. The maximum absolute atomic E-state index is 10.1. The van der Waals surface area contributed by atoms with Crippen molar-refractivity contribution in [1.29, 1.82) is 0 Å². The number of nitrogens with one attached hydrogen (secondary N) is 1. The van der Waals surface area contributed by atoms with Crippen LogP contribution in [0.2, 0.25) is 0 Å². The Bertz CT molecular complexity index is 553. The number of β-amino-alcohol motifs (C(OH)–C–C–N with tert-alkyl or cyclic N) is 1. The fraction of sp³-hybridized carbons (Fsp3) is 0.562. The second-order valence-corrected chi connectivity index (χ2v) is 5.49. The van der Waals surface area contributed by atoms with Crippen molar-refractivity contribution in [2.45, 2.75) is 6.10 Å². The number of halogens is 1. The minimum absolute atomic E-state index is 0. The third kappa shape index (κ3) is 7.22. The predicted octanol–water partition coefficient (Wildman–Crippen LogP) is 0.741. The minimum atomic E-state index is -0.561. The summed E-state index contributed by atoms with van der Waals surface area (Å²) in [5.41, 5.74) is 6.60. The van der Waals surface area contributed by atoms with E-state index >= 15 is 0 Å². The zero-order valence-electron chi connectivity index (χ0n) is 14.6. The lowest BCUT2D eigenvalue weighted by Gasteiger charge is -2.28. The van der Waals surface area contributed by atoms with E-state index in [1.54, 1.807) is 26.4 Å². The van der Waals surface area contributed by atoms with Crippen LogP contribution in [0, 0.1) is 0 Å². The van der Waals surface area contributed by atoms with E-state index in [4.69, 9.17) is 19.9 Å². The van der Waals surface area contributed by atoms with Crippen LogP contribution in [0.4, 0.5) is 5.69 Å². The molecule has 1 aromatic carbocycles. The monoisotopic (exact) mass is 466 g/mol. The van der Waals surface area contributed by atoms with Crippen LogP contribution in [0.25, 0.3) is 0 Å². The van der Waals surface area contributed by atoms with Crippen LogP contribution < -0.4 is 20.5 Å². The minimum Gasteiger partial charge on any atom is -0.493 e. The van der Waals surface area contributed by atoms with Crippen molar-refractivity contribution in [3.8, 4) is 11.5 Å². The Kier molecular flexibility index (Phi) is 9.86. The lowest BCUT2D eigenvalue weighted by atomic mass is 10.2. The van der Waals surface area contributed by atoms with E-state index in [-0.39, 0.29) is 36.5 Å². The van der Waals surface area contributed by atoms with E-state index in [0.717, 1.165) is 18.8 Å². The molecule has 4 N–H and O–H groups in total. The van der Waals surface area contributed by atoms with E-state index in [9.17, 15) is 5.11 Å². The van der Waals surface area contributed by atoms with Crippen LogP contribution in [0.15, 0.2) is 23.2 Å². The first-order valence-corrected chi connectivity index (χ1v) is 7.89. The summed E-state index contributed by atoms with van der Waals surface area (Å²) >= 11 is 0. The number of anilines is 1. The highest BCUT2D eigenvalue weighted by molar-refractivity contribution is 14.0. The summed E-state index contributed by atoms with van der Waals surface area (Å²) in [6.07, 6.45) is -0.561. The molecule has 25 heavy (non-hydrogen) atoms. The van der Waals surface area contributed by atoms with Crippen molar-refractivity contribution >= 4 is 35.6 Å². The summed E-state index contributed by atoms with van der Waals surface area (Å²) in [6, 6.07) is 5.36. The van der Waals surface area contributed by atoms with Crippen LogP contribution in [-0.2, 0) is 4.74 Å². The smallest absolute Gasteiger partial charge is 0.193 e. The van der Waals surface area contributed by atoms with Crippen LogP contribution in [0.5, 0.6) is 11.5 Å². The van der Waals surface area contributed by atoms with Gasteiger partial charge in [0.05, 0.1) is 40.1 Å². The molecule has 1 saturated heterocycles. The average Bonchev–Trinajstić information content (AvgIpc) is 2.60. The quantitative estimate of drug-likeness (QED) is 0.310. The van der Waals surface area contributed by atoms with Gasteiger partial charge in [-0.25, -0.2) is 0 Å². The van der Waals surface area contributed by atoms with Crippen molar-refractivity contribution < 1.29 is 19.3 Å². The number of aliphatic imine (C=N–C) groups is 1. The van der Waals surface area contributed by atoms with Gasteiger partial charge in [0.2, 0.25) is 0 Å². The molecule has 0 amide bonds. The van der Waals surface area contributed by atoms with Gasteiger partial charge < -0.3 is 30.4 Å². The molecule has 1 fully saturated rings. The number of nitrogens with two attached hydrogens (primary N) is 1. The molecule has 1 aromatic rings. The lowest BCUT2D eigenvalue weighted by molar-refractivity contribution is 0.0165. The van der Waals surface area contributed by atoms with Gasteiger partial charge in [-0.3, -0.25) is 9.89 Å². The molecule has 0 aliphatic carbocycles. The Balaban J connectivity index is 0.00000312. The molecule has 0 saturated carbocycles. The number of ether oxygens (including phenoxy) is 3. The fourth-order valence-corrected chi connectivity index (χ4v) is 2.44. The number of nitrogens with zero attached hydrogens (tertiary/aromatic N) is 2. The van der Waals surface area contributed by atoms with Gasteiger partial charge in [0, 0.05) is 31.4 Å². The maximum atomic E-state index is 10.1. The Labute approximate surface area is 165 Å². The fourth-order valence-electron chi connectivity index (χ4n) is 2.44. The van der Waals surface area contributed by atoms with Crippen LogP contribution in [0.1, 0.15) is 0 Å². The van der Waals surface area contributed by atoms with E-state index in [0.29, 0.717) is 31.3 Å². The molecule has 1 heterocycles. The molecule has 1 aliphatic rings. The lowest BCUT2D eigenvalue weighted by Crippen LogP contribution is -2.42. The van der Waals surface area contributed by atoms with Crippen molar-refractivity contribution in [3.63, 3.8) is 0 Å². The number of hydrogen-bond acceptors (Lipinski definition) is 6. The first kappa shape index (κ1) is 21.7. The standard InChI is InChI=1S/C16H26N4O4.HI/c1-22-14-4-3-12(9-15(14)23-2)19-16(17)18-10-13(21)11-20-5-7-24-8-6-20;/h3-4,9,13,21H,5-8,10-11H2,1-2H3,(H3,17,18,19);1H. The van der Waals surface area contributed by atoms with Gasteiger partial charge in [-0.05, 0) is 12.1 Å². The molecule has 0 radical (unpaired) electrons. The normalized spacial score (nSPS) is 16.7. The topological polar surface area (TPSA) is 102 Å². The largest absolute Gasteiger partial charge is 0.493 e. The van der Waals surface area contributed by atoms with E-state index in [2.05, 4.69) is 15.2 Å². The first-order valence-electron chi connectivity index (χ1n) is 7.89. The first-order chi connectivity index (χ1) is 11.6. The van der Waals surface area contributed by atoms with Gasteiger partial charge in [-0.1, -0.05) is 0 Å². The van der Waals surface area contributed by atoms with Crippen LogP contribution in [0.3, 0.4) is 0 Å². The van der Waals surface area contributed by atoms with Crippen molar-refractivity contribution in [2.24, 2.45) is 10.7 Å². The number of guanidine groups is 1. The summed E-state index contributed by atoms with van der Waals surface area (Å²) in [7, 11) is 3.15. The molecule has 8 nitrogen and oxygen atoms in total. The molecule has 142 valence electrons. The van der Waals surface area contributed by atoms with Crippen LogP contribution >= 0.6 is 24.0 Å². The molecule has 1 aliphatic heterocycles. The van der Waals surface area contributed by atoms with Crippen LogP contribution in [-0.4, -0.2) is 75.7 Å². The number of morpholine rings is 1. The summed E-state index contributed by atoms with van der Waals surface area (Å²) in [6.45, 7) is 3.89. The Morgan fingerprint density at radius 3 is 2.64 bits per heavy atom. The molecular weight excluding hydrogens is 439 g/mol. The van der Waals surface area contributed by atoms with E-state index in [1.807, 2.05) is 6.07 Å². The molecule has 0 spiro atoms. The van der Waals surface area contributed by atoms with Gasteiger partial charge in [0.15, 0.2) is 17.5 Å². The van der Waals surface area contributed by atoms with E-state index < -0.39 is 6.10 Å². The summed E-state index contributed by atoms with van der Waals surface area (Å²) in [5.74, 6) is 1.48. The van der Waals surface area contributed by atoms with Gasteiger partial charge >= 0.3 is 0 Å². The Morgan fingerprint density at radius 2 is 2.00 bits per heavy atom. The molecular formula is C16H27IN4O4. The Morgan fingerprint density at radius 1 is 1.32 bits per heavy atom. The summed E-state index contributed by atoms with van der Waals surface area (Å²) < 4.78 is 15.7. The molecule has 1 unspecified atom stereocenters. The second kappa shape index (κ2) is 11.3. The average molecular weight is 466 g/mol. The zero-order valence-corrected chi connectivity index (χ0v) is 16.9.